The molecule has 0 aliphatic carbocycles. The number of ether oxygens (including phenoxy) is 1. The molecule has 3 rings (SSSR count). The Morgan fingerprint density at radius 2 is 2.16 bits per heavy atom. The Labute approximate surface area is 150 Å². The molecule has 0 bridgehead atoms. The van der Waals surface area contributed by atoms with Crippen molar-refractivity contribution in [1.29, 1.82) is 0 Å². The van der Waals surface area contributed by atoms with Crippen molar-refractivity contribution in [2.24, 2.45) is 0 Å². The highest BCUT2D eigenvalue weighted by Gasteiger charge is 2.18. The quantitative estimate of drug-likeness (QED) is 0.674. The van der Waals surface area contributed by atoms with E-state index in [1.807, 2.05) is 37.4 Å². The summed E-state index contributed by atoms with van der Waals surface area (Å²) in [6.07, 6.45) is 1.65. The number of carbonyl (C=O) groups excluding carboxylic acids is 1. The van der Waals surface area contributed by atoms with Gasteiger partial charge in [-0.1, -0.05) is 5.16 Å². The molecule has 0 unspecified atom stereocenters. The molecule has 0 aliphatic heterocycles. The van der Waals surface area contributed by atoms with Crippen LogP contribution in [0.1, 0.15) is 32.4 Å². The van der Waals surface area contributed by atoms with Gasteiger partial charge in [-0.05, 0) is 43.0 Å². The van der Waals surface area contributed by atoms with Crippen LogP contribution in [0.4, 0.5) is 0 Å². The van der Waals surface area contributed by atoms with Crippen LogP contribution in [-0.2, 0) is 13.2 Å². The number of rotatable bonds is 6. The van der Waals surface area contributed by atoms with Gasteiger partial charge in [-0.2, -0.15) is 0 Å². The van der Waals surface area contributed by atoms with Crippen molar-refractivity contribution in [2.75, 3.05) is 7.05 Å². The van der Waals surface area contributed by atoms with Gasteiger partial charge in [-0.3, -0.25) is 9.78 Å². The molecule has 0 radical (unpaired) electrons. The lowest BCUT2D eigenvalue weighted by atomic mass is 10.2. The van der Waals surface area contributed by atoms with Crippen molar-refractivity contribution in [3.63, 3.8) is 0 Å². The minimum Gasteiger partial charge on any atom is -0.484 e. The maximum absolute atomic E-state index is 12.5. The molecule has 3 aromatic rings. The standard InChI is InChI=1S/C18H19N3O3S/c1-12-6-7-25-17(12)10-21(3)18(22)16-8-15(24-20-16)11-23-14-5-4-13(2)19-9-14/h4-9H,10-11H2,1-3H3. The summed E-state index contributed by atoms with van der Waals surface area (Å²) in [5, 5.41) is 5.88. The second kappa shape index (κ2) is 7.48. The van der Waals surface area contributed by atoms with Crippen molar-refractivity contribution < 1.29 is 14.1 Å². The normalized spacial score (nSPS) is 10.7. The zero-order valence-electron chi connectivity index (χ0n) is 14.4. The minimum absolute atomic E-state index is 0.181. The Bertz CT molecular complexity index is 855. The number of amides is 1. The molecule has 0 saturated heterocycles. The molecule has 25 heavy (non-hydrogen) atoms. The predicted octanol–water partition coefficient (Wildman–Crippen LogP) is 3.60. The van der Waals surface area contributed by atoms with Crippen LogP contribution in [0.5, 0.6) is 5.75 Å². The average Bonchev–Trinajstić information content (AvgIpc) is 3.23. The largest absolute Gasteiger partial charge is 0.484 e. The van der Waals surface area contributed by atoms with E-state index in [1.54, 1.807) is 35.5 Å². The van der Waals surface area contributed by atoms with Gasteiger partial charge in [0, 0.05) is 23.7 Å². The maximum atomic E-state index is 12.5. The molecular formula is C18H19N3O3S. The molecule has 6 nitrogen and oxygen atoms in total. The fourth-order valence-electron chi connectivity index (χ4n) is 2.22. The summed E-state index contributed by atoms with van der Waals surface area (Å²) >= 11 is 1.64. The van der Waals surface area contributed by atoms with Crippen LogP contribution in [0, 0.1) is 13.8 Å². The first-order chi connectivity index (χ1) is 12.0. The van der Waals surface area contributed by atoms with E-state index < -0.39 is 0 Å². The maximum Gasteiger partial charge on any atom is 0.276 e. The van der Waals surface area contributed by atoms with E-state index in [2.05, 4.69) is 10.1 Å². The Hall–Kier alpha value is -2.67. The Morgan fingerprint density at radius 3 is 2.84 bits per heavy atom. The van der Waals surface area contributed by atoms with Gasteiger partial charge in [0.05, 0.1) is 12.7 Å². The number of aromatic nitrogens is 2. The molecule has 1 amide bonds. The smallest absolute Gasteiger partial charge is 0.276 e. The molecule has 0 atom stereocenters. The van der Waals surface area contributed by atoms with Crippen LogP contribution in [0.15, 0.2) is 40.4 Å². The van der Waals surface area contributed by atoms with E-state index in [9.17, 15) is 4.79 Å². The molecule has 0 saturated carbocycles. The van der Waals surface area contributed by atoms with Gasteiger partial charge >= 0.3 is 0 Å². The van der Waals surface area contributed by atoms with Crippen LogP contribution in [0.25, 0.3) is 0 Å². The second-order valence-electron chi connectivity index (χ2n) is 5.79. The Balaban J connectivity index is 1.59. The predicted molar refractivity (Wildman–Crippen MR) is 94.7 cm³/mol. The number of hydrogen-bond donors (Lipinski definition) is 0. The Kier molecular flexibility index (Phi) is 5.14. The summed E-state index contributed by atoms with van der Waals surface area (Å²) < 4.78 is 10.8. The van der Waals surface area contributed by atoms with Crippen molar-refractivity contribution in [3.8, 4) is 5.75 Å². The Morgan fingerprint density at radius 1 is 1.32 bits per heavy atom. The number of thiophene rings is 1. The first-order valence-electron chi connectivity index (χ1n) is 7.82. The summed E-state index contributed by atoms with van der Waals surface area (Å²) in [4.78, 5) is 19.4. The van der Waals surface area contributed by atoms with Crippen molar-refractivity contribution in [3.05, 3.63) is 63.4 Å². The number of hydrogen-bond acceptors (Lipinski definition) is 6. The molecule has 7 heteroatoms. The van der Waals surface area contributed by atoms with Gasteiger partial charge in [-0.15, -0.1) is 11.3 Å². The topological polar surface area (TPSA) is 68.5 Å². The fraction of sp³-hybridized carbons (Fsp3) is 0.278. The fourth-order valence-corrected chi connectivity index (χ4v) is 3.18. The monoisotopic (exact) mass is 357 g/mol. The highest BCUT2D eigenvalue weighted by atomic mass is 32.1. The van der Waals surface area contributed by atoms with Crippen molar-refractivity contribution in [1.82, 2.24) is 15.0 Å². The lowest BCUT2D eigenvalue weighted by Crippen LogP contribution is -2.26. The molecule has 3 aromatic heterocycles. The first-order valence-corrected chi connectivity index (χ1v) is 8.70. The average molecular weight is 357 g/mol. The zero-order valence-corrected chi connectivity index (χ0v) is 15.2. The lowest BCUT2D eigenvalue weighted by Gasteiger charge is -2.14. The second-order valence-corrected chi connectivity index (χ2v) is 6.79. The van der Waals surface area contributed by atoms with Crippen LogP contribution in [-0.4, -0.2) is 28.0 Å². The van der Waals surface area contributed by atoms with Gasteiger partial charge in [0.25, 0.3) is 5.91 Å². The highest BCUT2D eigenvalue weighted by molar-refractivity contribution is 7.10. The van der Waals surface area contributed by atoms with Crippen LogP contribution in [0.2, 0.25) is 0 Å². The zero-order chi connectivity index (χ0) is 17.8. The summed E-state index contributed by atoms with van der Waals surface area (Å²) in [5.41, 5.74) is 2.38. The number of carbonyl (C=O) groups is 1. The van der Waals surface area contributed by atoms with Gasteiger partial charge in [0.1, 0.15) is 12.4 Å². The van der Waals surface area contributed by atoms with Gasteiger partial charge < -0.3 is 14.2 Å². The molecule has 0 aromatic carbocycles. The minimum atomic E-state index is -0.181. The van der Waals surface area contributed by atoms with Crippen LogP contribution in [0.3, 0.4) is 0 Å². The molecule has 130 valence electrons. The van der Waals surface area contributed by atoms with E-state index in [0.29, 0.717) is 18.1 Å². The molecule has 0 N–H and O–H groups in total. The van der Waals surface area contributed by atoms with Crippen LogP contribution >= 0.6 is 11.3 Å². The third kappa shape index (κ3) is 4.24. The molecule has 0 fully saturated rings. The summed E-state index contributed by atoms with van der Waals surface area (Å²) in [6, 6.07) is 7.36. The molecule has 0 aliphatic rings. The van der Waals surface area contributed by atoms with E-state index in [0.717, 1.165) is 10.6 Å². The first kappa shape index (κ1) is 17.2. The lowest BCUT2D eigenvalue weighted by molar-refractivity contribution is 0.0775. The van der Waals surface area contributed by atoms with Crippen LogP contribution < -0.4 is 4.74 Å². The third-order valence-electron chi connectivity index (χ3n) is 3.74. The van der Waals surface area contributed by atoms with Crippen molar-refractivity contribution in [2.45, 2.75) is 27.0 Å². The molecule has 3 heterocycles. The molecule has 0 spiro atoms. The summed E-state index contributed by atoms with van der Waals surface area (Å²) in [6.45, 7) is 4.69. The third-order valence-corrected chi connectivity index (χ3v) is 4.75. The number of pyridine rings is 1. The summed E-state index contributed by atoms with van der Waals surface area (Å²) in [7, 11) is 1.75. The summed E-state index contributed by atoms with van der Waals surface area (Å²) in [5.74, 6) is 0.949. The van der Waals surface area contributed by atoms with E-state index in [4.69, 9.17) is 9.26 Å². The van der Waals surface area contributed by atoms with Gasteiger partial charge in [-0.25, -0.2) is 0 Å². The molecular weight excluding hydrogens is 338 g/mol. The van der Waals surface area contributed by atoms with Gasteiger partial charge in [0.2, 0.25) is 0 Å². The van der Waals surface area contributed by atoms with E-state index in [1.165, 1.54) is 5.56 Å². The van der Waals surface area contributed by atoms with Crippen molar-refractivity contribution >= 4 is 17.2 Å². The van der Waals surface area contributed by atoms with E-state index >= 15 is 0 Å². The highest BCUT2D eigenvalue weighted by Crippen LogP contribution is 2.18. The SMILES string of the molecule is Cc1ccc(OCc2cc(C(=O)N(C)Cc3sccc3C)no2)cn1. The number of nitrogens with zero attached hydrogens (tertiary/aromatic N) is 3. The van der Waals surface area contributed by atoms with E-state index in [-0.39, 0.29) is 18.2 Å². The van der Waals surface area contributed by atoms with Gasteiger partial charge in [0.15, 0.2) is 11.5 Å². The number of aryl methyl sites for hydroxylation is 2.